The van der Waals surface area contributed by atoms with E-state index in [2.05, 4.69) is 4.90 Å². The normalized spacial score (nSPS) is 22.6. The van der Waals surface area contributed by atoms with Gasteiger partial charge in [0.05, 0.1) is 21.2 Å². The average Bonchev–Trinajstić information content (AvgIpc) is 3.16. The SMILES string of the molecule is O=C1c2ccc(O)c(CN3CCCC3)c2OC(c2cccc(Cl)c2Cl)C1O. The Kier molecular flexibility index (Phi) is 5.03. The van der Waals surface area contributed by atoms with Crippen molar-refractivity contribution in [1.29, 1.82) is 0 Å². The molecule has 1 fully saturated rings. The summed E-state index contributed by atoms with van der Waals surface area (Å²) in [4.78, 5) is 15.0. The molecule has 0 radical (unpaired) electrons. The first kappa shape index (κ1) is 18.6. The number of Topliss-reactive ketones (excluding diaryl/α,β-unsaturated/α-hetero) is 1. The third kappa shape index (κ3) is 3.29. The van der Waals surface area contributed by atoms with Crippen LogP contribution in [0.25, 0.3) is 0 Å². The van der Waals surface area contributed by atoms with Crippen LogP contribution in [0.3, 0.4) is 0 Å². The van der Waals surface area contributed by atoms with Gasteiger partial charge in [-0.15, -0.1) is 0 Å². The number of benzene rings is 2. The summed E-state index contributed by atoms with van der Waals surface area (Å²) in [5, 5.41) is 21.5. The number of halogens is 2. The molecule has 0 aromatic heterocycles. The Labute approximate surface area is 167 Å². The van der Waals surface area contributed by atoms with E-state index in [0.717, 1.165) is 25.9 Å². The van der Waals surface area contributed by atoms with Gasteiger partial charge in [0, 0.05) is 12.1 Å². The zero-order valence-corrected chi connectivity index (χ0v) is 16.0. The number of likely N-dealkylation sites (tertiary alicyclic amines) is 1. The second-order valence-corrected chi connectivity index (χ2v) is 7.70. The summed E-state index contributed by atoms with van der Waals surface area (Å²) in [5.74, 6) is -0.0843. The number of carbonyl (C=O) groups excluding carboxylic acids is 1. The molecule has 2 aliphatic rings. The van der Waals surface area contributed by atoms with Crippen molar-refractivity contribution in [2.75, 3.05) is 13.1 Å². The number of aliphatic hydroxyl groups is 1. The minimum atomic E-state index is -1.40. The molecule has 2 aliphatic heterocycles. The Hall–Kier alpha value is -1.79. The fourth-order valence-electron chi connectivity index (χ4n) is 3.73. The van der Waals surface area contributed by atoms with Gasteiger partial charge in [-0.05, 0) is 44.1 Å². The van der Waals surface area contributed by atoms with Crippen LogP contribution < -0.4 is 4.74 Å². The number of rotatable bonds is 3. The van der Waals surface area contributed by atoms with Crippen LogP contribution in [0.1, 0.15) is 40.4 Å². The molecule has 0 saturated carbocycles. The number of aliphatic hydroxyl groups excluding tert-OH is 1. The van der Waals surface area contributed by atoms with Crippen LogP contribution in [0.2, 0.25) is 10.0 Å². The molecule has 2 aromatic rings. The van der Waals surface area contributed by atoms with Crippen molar-refractivity contribution in [2.45, 2.75) is 31.6 Å². The molecular weight excluding hydrogens is 389 g/mol. The second-order valence-electron chi connectivity index (χ2n) is 6.91. The summed E-state index contributed by atoms with van der Waals surface area (Å²) >= 11 is 12.4. The highest BCUT2D eigenvalue weighted by atomic mass is 35.5. The molecule has 0 spiro atoms. The third-order valence-electron chi connectivity index (χ3n) is 5.17. The van der Waals surface area contributed by atoms with Crippen LogP contribution in [0.4, 0.5) is 0 Å². The first-order valence-corrected chi connectivity index (χ1v) is 9.63. The Bertz CT molecular complexity index is 896. The molecule has 2 unspecified atom stereocenters. The maximum absolute atomic E-state index is 12.8. The van der Waals surface area contributed by atoms with Crippen LogP contribution in [-0.4, -0.2) is 40.1 Å². The summed E-state index contributed by atoms with van der Waals surface area (Å²) < 4.78 is 6.06. The minimum Gasteiger partial charge on any atom is -0.507 e. The molecular formula is C20H19Cl2NO4. The number of ether oxygens (including phenoxy) is 1. The van der Waals surface area contributed by atoms with Crippen molar-refractivity contribution in [3.8, 4) is 11.5 Å². The first-order chi connectivity index (χ1) is 13.0. The standard InChI is InChI=1S/C20H19Cl2NO4/c21-14-5-3-4-11(16(14)22)20-18(26)17(25)12-6-7-15(24)13(19(12)27-20)10-23-8-1-2-9-23/h3-7,18,20,24,26H,1-2,8-10H2. The van der Waals surface area contributed by atoms with Gasteiger partial charge in [0.2, 0.25) is 0 Å². The van der Waals surface area contributed by atoms with Crippen LogP contribution in [0, 0.1) is 0 Å². The quantitative estimate of drug-likeness (QED) is 0.805. The van der Waals surface area contributed by atoms with E-state index >= 15 is 0 Å². The van der Waals surface area contributed by atoms with E-state index in [4.69, 9.17) is 27.9 Å². The average molecular weight is 408 g/mol. The fourth-order valence-corrected chi connectivity index (χ4v) is 4.14. The zero-order valence-electron chi connectivity index (χ0n) is 14.5. The van der Waals surface area contributed by atoms with Crippen LogP contribution in [-0.2, 0) is 6.54 Å². The summed E-state index contributed by atoms with van der Waals surface area (Å²) in [5.41, 5.74) is 1.26. The number of nitrogens with zero attached hydrogens (tertiary/aromatic N) is 1. The molecule has 5 nitrogen and oxygen atoms in total. The molecule has 2 aromatic carbocycles. The Morgan fingerprint density at radius 2 is 1.89 bits per heavy atom. The predicted octanol–water partition coefficient (Wildman–Crippen LogP) is 3.97. The number of carbonyl (C=O) groups is 1. The molecule has 27 heavy (non-hydrogen) atoms. The topological polar surface area (TPSA) is 70.0 Å². The second kappa shape index (κ2) is 7.32. The summed E-state index contributed by atoms with van der Waals surface area (Å²) in [6, 6.07) is 7.95. The van der Waals surface area contributed by atoms with Gasteiger partial charge in [-0.25, -0.2) is 0 Å². The molecule has 4 rings (SSSR count). The summed E-state index contributed by atoms with van der Waals surface area (Å²) in [7, 11) is 0. The summed E-state index contributed by atoms with van der Waals surface area (Å²) in [6.07, 6.45) is -0.183. The van der Waals surface area contributed by atoms with Crippen molar-refractivity contribution in [3.05, 3.63) is 57.1 Å². The maximum atomic E-state index is 12.8. The monoisotopic (exact) mass is 407 g/mol. The van der Waals surface area contributed by atoms with Gasteiger partial charge in [0.1, 0.15) is 11.5 Å². The van der Waals surface area contributed by atoms with Gasteiger partial charge in [-0.1, -0.05) is 35.3 Å². The van der Waals surface area contributed by atoms with Crippen molar-refractivity contribution in [1.82, 2.24) is 4.90 Å². The van der Waals surface area contributed by atoms with Crippen LogP contribution in [0.15, 0.2) is 30.3 Å². The smallest absolute Gasteiger partial charge is 0.199 e. The highest BCUT2D eigenvalue weighted by Crippen LogP contribution is 2.43. The van der Waals surface area contributed by atoms with E-state index in [-0.39, 0.29) is 16.3 Å². The van der Waals surface area contributed by atoms with Crippen molar-refractivity contribution < 1.29 is 19.7 Å². The highest BCUT2D eigenvalue weighted by Gasteiger charge is 2.40. The zero-order chi connectivity index (χ0) is 19.1. The number of hydrogen-bond donors (Lipinski definition) is 2. The largest absolute Gasteiger partial charge is 0.507 e. The Morgan fingerprint density at radius 1 is 1.15 bits per heavy atom. The molecule has 0 bridgehead atoms. The van der Waals surface area contributed by atoms with Crippen LogP contribution in [0.5, 0.6) is 11.5 Å². The lowest BCUT2D eigenvalue weighted by Gasteiger charge is -2.32. The highest BCUT2D eigenvalue weighted by molar-refractivity contribution is 6.42. The molecule has 2 N–H and O–H groups in total. The molecule has 7 heteroatoms. The van der Waals surface area contributed by atoms with Gasteiger partial charge < -0.3 is 14.9 Å². The Balaban J connectivity index is 1.77. The van der Waals surface area contributed by atoms with E-state index in [9.17, 15) is 15.0 Å². The first-order valence-electron chi connectivity index (χ1n) is 8.87. The molecule has 0 aliphatic carbocycles. The minimum absolute atomic E-state index is 0.0702. The number of fused-ring (bicyclic) bond motifs is 1. The van der Waals surface area contributed by atoms with E-state index in [0.29, 0.717) is 28.4 Å². The summed E-state index contributed by atoms with van der Waals surface area (Å²) in [6.45, 7) is 2.35. The fraction of sp³-hybridized carbons (Fsp3) is 0.350. The van der Waals surface area contributed by atoms with Gasteiger partial charge in [0.25, 0.3) is 0 Å². The number of aromatic hydroxyl groups is 1. The molecule has 2 atom stereocenters. The lowest BCUT2D eigenvalue weighted by Crippen LogP contribution is -2.37. The molecule has 2 heterocycles. The van der Waals surface area contributed by atoms with E-state index < -0.39 is 18.0 Å². The number of phenolic OH excluding ortho intramolecular Hbond substituents is 1. The van der Waals surface area contributed by atoms with E-state index in [1.165, 1.54) is 12.1 Å². The third-order valence-corrected chi connectivity index (χ3v) is 6.00. The van der Waals surface area contributed by atoms with Gasteiger partial charge in [-0.2, -0.15) is 0 Å². The van der Waals surface area contributed by atoms with Crippen LogP contribution >= 0.6 is 23.2 Å². The lowest BCUT2D eigenvalue weighted by molar-refractivity contribution is 0.0208. The predicted molar refractivity (Wildman–Crippen MR) is 103 cm³/mol. The molecule has 1 saturated heterocycles. The van der Waals surface area contributed by atoms with Gasteiger partial charge in [0.15, 0.2) is 18.0 Å². The molecule has 0 amide bonds. The van der Waals surface area contributed by atoms with E-state index in [1.54, 1.807) is 18.2 Å². The van der Waals surface area contributed by atoms with Crippen molar-refractivity contribution in [2.24, 2.45) is 0 Å². The van der Waals surface area contributed by atoms with Crippen molar-refractivity contribution in [3.63, 3.8) is 0 Å². The Morgan fingerprint density at radius 3 is 2.63 bits per heavy atom. The van der Waals surface area contributed by atoms with Gasteiger partial charge >= 0.3 is 0 Å². The number of hydrogen-bond acceptors (Lipinski definition) is 5. The number of phenols is 1. The number of ketones is 1. The maximum Gasteiger partial charge on any atom is 0.199 e. The lowest BCUT2D eigenvalue weighted by atomic mass is 9.91. The van der Waals surface area contributed by atoms with Gasteiger partial charge in [-0.3, -0.25) is 9.69 Å². The van der Waals surface area contributed by atoms with Crippen molar-refractivity contribution >= 4 is 29.0 Å². The van der Waals surface area contributed by atoms with E-state index in [1.807, 2.05) is 0 Å². The molecule has 142 valence electrons.